The van der Waals surface area contributed by atoms with E-state index >= 15 is 0 Å². The number of nitrogens with zero attached hydrogens (tertiary/aromatic N) is 5. The molecule has 2 aromatic heterocycles. The smallest absolute Gasteiger partial charge is 0.320 e. The molecule has 0 aliphatic heterocycles. The molecule has 9 nitrogen and oxygen atoms in total. The Morgan fingerprint density at radius 1 is 1.27 bits per heavy atom. The van der Waals surface area contributed by atoms with E-state index in [0.29, 0.717) is 37.3 Å². The number of carbonyl (C=O) groups excluding carboxylic acids is 1. The minimum Gasteiger partial charge on any atom is -0.350 e. The first-order valence-electron chi connectivity index (χ1n) is 10.9. The summed E-state index contributed by atoms with van der Waals surface area (Å²) in [6, 6.07) is 1.93. The Morgan fingerprint density at radius 2 is 1.93 bits per heavy atom. The third-order valence-corrected chi connectivity index (χ3v) is 7.36. The largest absolute Gasteiger partial charge is 0.350 e. The number of amides is 1. The summed E-state index contributed by atoms with van der Waals surface area (Å²) in [5.41, 5.74) is 0.666. The zero-order valence-corrected chi connectivity index (χ0v) is 17.3. The maximum atomic E-state index is 12.7. The van der Waals surface area contributed by atoms with E-state index in [-0.39, 0.29) is 16.9 Å². The Balaban J connectivity index is 1.30. The Bertz CT molecular complexity index is 942. The van der Waals surface area contributed by atoms with Gasteiger partial charge in [0.2, 0.25) is 5.69 Å². The normalized spacial score (nSPS) is 29.3. The van der Waals surface area contributed by atoms with Crippen molar-refractivity contribution in [2.45, 2.75) is 64.0 Å². The van der Waals surface area contributed by atoms with Gasteiger partial charge in [0, 0.05) is 25.0 Å². The molecule has 9 heteroatoms. The maximum Gasteiger partial charge on any atom is 0.320 e. The van der Waals surface area contributed by atoms with Crippen LogP contribution >= 0.6 is 0 Å². The topological polar surface area (TPSA) is 108 Å². The van der Waals surface area contributed by atoms with E-state index < -0.39 is 10.8 Å². The van der Waals surface area contributed by atoms with Gasteiger partial charge in [0.1, 0.15) is 6.20 Å². The summed E-state index contributed by atoms with van der Waals surface area (Å²) in [5.74, 6) is 1.62. The zero-order chi connectivity index (χ0) is 20.9. The van der Waals surface area contributed by atoms with Gasteiger partial charge in [-0.1, -0.05) is 0 Å². The minimum absolute atomic E-state index is 0.0639. The number of hydrogen-bond donors (Lipinski definition) is 1. The molecule has 0 unspecified atom stereocenters. The molecule has 0 aromatic carbocycles. The van der Waals surface area contributed by atoms with E-state index in [2.05, 4.69) is 15.5 Å². The van der Waals surface area contributed by atoms with Gasteiger partial charge in [-0.15, -0.1) is 0 Å². The molecule has 0 atom stereocenters. The van der Waals surface area contributed by atoms with Crippen LogP contribution in [0.1, 0.15) is 61.1 Å². The molecular weight excluding hydrogens is 384 g/mol. The summed E-state index contributed by atoms with van der Waals surface area (Å²) in [6.45, 7) is 3.08. The van der Waals surface area contributed by atoms with Crippen molar-refractivity contribution in [1.29, 1.82) is 0 Å². The third kappa shape index (κ3) is 3.30. The van der Waals surface area contributed by atoms with Crippen LogP contribution in [-0.4, -0.2) is 36.9 Å². The summed E-state index contributed by atoms with van der Waals surface area (Å²) in [5, 5.41) is 23.2. The fourth-order valence-corrected chi connectivity index (χ4v) is 6.40. The lowest BCUT2D eigenvalue weighted by molar-refractivity contribution is -0.385. The van der Waals surface area contributed by atoms with Crippen molar-refractivity contribution in [3.63, 3.8) is 0 Å². The second-order valence-corrected chi connectivity index (χ2v) is 9.51. The van der Waals surface area contributed by atoms with E-state index in [1.54, 1.807) is 10.9 Å². The number of aryl methyl sites for hydroxylation is 2. The number of nitro groups is 1. The Hall–Kier alpha value is -2.71. The van der Waals surface area contributed by atoms with Crippen molar-refractivity contribution in [1.82, 2.24) is 24.9 Å². The fraction of sp³-hybridized carbons (Fsp3) is 0.667. The maximum absolute atomic E-state index is 12.7. The molecular formula is C21H28N6O3. The van der Waals surface area contributed by atoms with Gasteiger partial charge in [-0.3, -0.25) is 24.3 Å². The molecule has 4 aliphatic carbocycles. The number of aromatic nitrogens is 4. The molecule has 4 bridgehead atoms. The lowest BCUT2D eigenvalue weighted by atomic mass is 9.53. The van der Waals surface area contributed by atoms with Crippen LogP contribution in [0.5, 0.6) is 0 Å². The van der Waals surface area contributed by atoms with Crippen LogP contribution < -0.4 is 5.32 Å². The molecule has 0 radical (unpaired) electrons. The summed E-state index contributed by atoms with van der Waals surface area (Å²) < 4.78 is 3.66. The number of rotatable bonds is 7. The predicted molar refractivity (Wildman–Crippen MR) is 109 cm³/mol. The average molecular weight is 412 g/mol. The summed E-state index contributed by atoms with van der Waals surface area (Å²) in [6.07, 6.45) is 10.9. The summed E-state index contributed by atoms with van der Waals surface area (Å²) >= 11 is 0. The molecule has 0 spiro atoms. The first-order valence-corrected chi connectivity index (χ1v) is 10.9. The van der Waals surface area contributed by atoms with Gasteiger partial charge >= 0.3 is 5.69 Å². The summed E-state index contributed by atoms with van der Waals surface area (Å²) in [7, 11) is 0. The molecule has 6 rings (SSSR count). The average Bonchev–Trinajstić information content (AvgIpc) is 3.31. The molecule has 1 amide bonds. The van der Waals surface area contributed by atoms with Crippen molar-refractivity contribution in [2.24, 2.45) is 17.8 Å². The van der Waals surface area contributed by atoms with Gasteiger partial charge in [-0.05, 0) is 75.7 Å². The fourth-order valence-electron chi connectivity index (χ4n) is 6.40. The van der Waals surface area contributed by atoms with Gasteiger partial charge in [-0.2, -0.15) is 10.2 Å². The minimum atomic E-state index is -0.480. The van der Waals surface area contributed by atoms with Crippen LogP contribution in [0.2, 0.25) is 0 Å². The molecule has 4 aliphatic rings. The standard InChI is InChI=1S/C21H28N6O3/c1-14-3-5-23-25(14)6-2-4-22-20(28)19-18(27(29)30)13-26(24-19)21-10-15-7-16(11-21)9-17(8-15)12-21/h3,5,13,15-17H,2,4,6-12H2,1H3,(H,22,28). The highest BCUT2D eigenvalue weighted by atomic mass is 16.6. The number of carbonyl (C=O) groups is 1. The van der Waals surface area contributed by atoms with E-state index in [1.165, 1.54) is 25.5 Å². The molecule has 160 valence electrons. The van der Waals surface area contributed by atoms with Crippen LogP contribution in [0.15, 0.2) is 18.5 Å². The van der Waals surface area contributed by atoms with Crippen molar-refractivity contribution in [2.75, 3.05) is 6.54 Å². The molecule has 30 heavy (non-hydrogen) atoms. The van der Waals surface area contributed by atoms with E-state index in [9.17, 15) is 14.9 Å². The molecule has 2 aromatic rings. The lowest BCUT2D eigenvalue weighted by Crippen LogP contribution is -2.52. The van der Waals surface area contributed by atoms with Gasteiger partial charge < -0.3 is 5.32 Å². The van der Waals surface area contributed by atoms with Crippen LogP contribution in [-0.2, 0) is 12.1 Å². The first kappa shape index (κ1) is 19.3. The van der Waals surface area contributed by atoms with Crippen LogP contribution in [0.3, 0.4) is 0 Å². The number of hydrogen-bond acceptors (Lipinski definition) is 5. The highest BCUT2D eigenvalue weighted by molar-refractivity contribution is 5.96. The molecule has 0 saturated heterocycles. The van der Waals surface area contributed by atoms with Crippen molar-refractivity contribution >= 4 is 11.6 Å². The van der Waals surface area contributed by atoms with Gasteiger partial charge in [0.15, 0.2) is 0 Å². The van der Waals surface area contributed by atoms with Gasteiger partial charge in [0.25, 0.3) is 5.91 Å². The Morgan fingerprint density at radius 3 is 2.50 bits per heavy atom. The highest BCUT2D eigenvalue weighted by Gasteiger charge is 2.53. The monoisotopic (exact) mass is 412 g/mol. The molecule has 4 saturated carbocycles. The van der Waals surface area contributed by atoms with E-state index in [4.69, 9.17) is 0 Å². The molecule has 4 fully saturated rings. The SMILES string of the molecule is Cc1ccnn1CCCNC(=O)c1nn(C23CC4CC(CC(C4)C2)C3)cc1[N+](=O)[O-]. The quantitative estimate of drug-likeness (QED) is 0.427. The first-order chi connectivity index (χ1) is 14.4. The molecule has 1 N–H and O–H groups in total. The lowest BCUT2D eigenvalue weighted by Gasteiger charge is -2.56. The van der Waals surface area contributed by atoms with Crippen LogP contribution in [0.4, 0.5) is 5.69 Å². The predicted octanol–water partition coefficient (Wildman–Crippen LogP) is 3.04. The van der Waals surface area contributed by atoms with Crippen molar-refractivity contribution < 1.29 is 9.72 Å². The zero-order valence-electron chi connectivity index (χ0n) is 17.3. The summed E-state index contributed by atoms with van der Waals surface area (Å²) in [4.78, 5) is 23.9. The van der Waals surface area contributed by atoms with Crippen LogP contribution in [0, 0.1) is 34.8 Å². The van der Waals surface area contributed by atoms with E-state index in [0.717, 1.165) is 25.0 Å². The van der Waals surface area contributed by atoms with Gasteiger partial charge in [-0.25, -0.2) is 0 Å². The van der Waals surface area contributed by atoms with E-state index in [1.807, 2.05) is 17.7 Å². The number of nitrogens with one attached hydrogen (secondary N) is 1. The van der Waals surface area contributed by atoms with Crippen LogP contribution in [0.25, 0.3) is 0 Å². The van der Waals surface area contributed by atoms with Gasteiger partial charge in [0.05, 0.1) is 10.5 Å². The Labute approximate surface area is 175 Å². The van der Waals surface area contributed by atoms with Crippen molar-refractivity contribution in [3.8, 4) is 0 Å². The molecule has 2 heterocycles. The highest BCUT2D eigenvalue weighted by Crippen LogP contribution is 2.58. The van der Waals surface area contributed by atoms with Crippen molar-refractivity contribution in [3.05, 3.63) is 40.0 Å². The Kier molecular flexibility index (Phi) is 4.63. The third-order valence-electron chi connectivity index (χ3n) is 7.36. The second kappa shape index (κ2) is 7.21. The second-order valence-electron chi connectivity index (χ2n) is 9.51.